The molecule has 0 amide bonds. The number of anilines is 1. The van der Waals surface area contributed by atoms with Gasteiger partial charge in [-0.3, -0.25) is 14.7 Å². The summed E-state index contributed by atoms with van der Waals surface area (Å²) in [6, 6.07) is 12.3. The number of halogens is 3. The van der Waals surface area contributed by atoms with Crippen LogP contribution in [0.5, 0.6) is 0 Å². The lowest BCUT2D eigenvalue weighted by atomic mass is 9.75. The Kier molecular flexibility index (Phi) is 7.35. The Morgan fingerprint density at radius 1 is 0.917 bits per heavy atom. The number of nitrogens with zero attached hydrogens (tertiary/aromatic N) is 3. The fourth-order valence-electron chi connectivity index (χ4n) is 4.21. The molecule has 36 heavy (non-hydrogen) atoms. The first-order valence-electron chi connectivity index (χ1n) is 11.0. The second kappa shape index (κ2) is 10.4. The van der Waals surface area contributed by atoms with Crippen LogP contribution in [0, 0.1) is 0 Å². The first-order chi connectivity index (χ1) is 17.1. The third-order valence-electron chi connectivity index (χ3n) is 5.65. The van der Waals surface area contributed by atoms with Gasteiger partial charge in [0.2, 0.25) is 10.0 Å². The van der Waals surface area contributed by atoms with E-state index in [2.05, 4.69) is 19.7 Å². The van der Waals surface area contributed by atoms with Crippen LogP contribution < -0.4 is 4.72 Å². The van der Waals surface area contributed by atoms with Gasteiger partial charge >= 0.3 is 6.18 Å². The zero-order valence-electron chi connectivity index (χ0n) is 19.2. The molecule has 3 aromatic rings. The molecular weight excluding hydrogens is 489 g/mol. The first-order valence-corrected chi connectivity index (χ1v) is 12.9. The Morgan fingerprint density at radius 3 is 2.14 bits per heavy atom. The van der Waals surface area contributed by atoms with Gasteiger partial charge in [-0.2, -0.15) is 13.2 Å². The maximum absolute atomic E-state index is 13.4. The summed E-state index contributed by atoms with van der Waals surface area (Å²) >= 11 is 0. The van der Waals surface area contributed by atoms with E-state index in [-0.39, 0.29) is 12.2 Å². The number of alkyl halides is 3. The van der Waals surface area contributed by atoms with Gasteiger partial charge in [0.1, 0.15) is 5.82 Å². The summed E-state index contributed by atoms with van der Waals surface area (Å²) in [5.74, 6) is -0.838. The van der Waals surface area contributed by atoms with Gasteiger partial charge in [-0.05, 0) is 41.8 Å². The molecule has 10 heteroatoms. The van der Waals surface area contributed by atoms with Crippen molar-refractivity contribution in [2.24, 2.45) is 0 Å². The lowest BCUT2D eigenvalue weighted by Gasteiger charge is -2.29. The van der Waals surface area contributed by atoms with E-state index in [1.54, 1.807) is 49.1 Å². The van der Waals surface area contributed by atoms with Crippen LogP contribution in [0.15, 0.2) is 103 Å². The van der Waals surface area contributed by atoms with Crippen LogP contribution in [-0.4, -0.2) is 35.8 Å². The number of pyridine rings is 3. The van der Waals surface area contributed by atoms with Gasteiger partial charge in [0.15, 0.2) is 0 Å². The highest BCUT2D eigenvalue weighted by Gasteiger charge is 2.34. The van der Waals surface area contributed by atoms with E-state index < -0.39 is 33.6 Å². The quantitative estimate of drug-likeness (QED) is 0.450. The molecule has 0 radical (unpaired) electrons. The Morgan fingerprint density at radius 2 is 1.58 bits per heavy atom. The highest BCUT2D eigenvalue weighted by Crippen LogP contribution is 2.44. The minimum Gasteiger partial charge on any atom is -0.268 e. The van der Waals surface area contributed by atoms with Crippen molar-refractivity contribution in [1.29, 1.82) is 0 Å². The molecule has 1 N–H and O–H groups in total. The Labute approximate surface area is 207 Å². The van der Waals surface area contributed by atoms with Gasteiger partial charge in [-0.25, -0.2) is 13.4 Å². The van der Waals surface area contributed by atoms with Crippen LogP contribution in [0.1, 0.15) is 35.1 Å². The van der Waals surface area contributed by atoms with E-state index in [0.29, 0.717) is 11.3 Å². The summed E-state index contributed by atoms with van der Waals surface area (Å²) in [6.07, 6.45) is 8.55. The number of aromatic nitrogens is 3. The van der Waals surface area contributed by atoms with Crippen LogP contribution in [0.4, 0.5) is 19.0 Å². The van der Waals surface area contributed by atoms with Crippen molar-refractivity contribution in [3.8, 4) is 0 Å². The van der Waals surface area contributed by atoms with Crippen LogP contribution in [0.25, 0.3) is 0 Å². The van der Waals surface area contributed by atoms with Gasteiger partial charge in [0.05, 0.1) is 17.5 Å². The zero-order valence-corrected chi connectivity index (χ0v) is 20.0. The number of rotatable bonds is 7. The van der Waals surface area contributed by atoms with Crippen molar-refractivity contribution in [2.45, 2.75) is 24.4 Å². The normalized spacial score (nSPS) is 15.1. The highest BCUT2D eigenvalue weighted by molar-refractivity contribution is 7.92. The molecule has 1 aliphatic rings. The van der Waals surface area contributed by atoms with E-state index in [1.807, 2.05) is 12.1 Å². The molecule has 0 aliphatic heterocycles. The highest BCUT2D eigenvalue weighted by atomic mass is 32.2. The van der Waals surface area contributed by atoms with E-state index in [4.69, 9.17) is 0 Å². The predicted octanol–water partition coefficient (Wildman–Crippen LogP) is 5.53. The van der Waals surface area contributed by atoms with E-state index >= 15 is 0 Å². The summed E-state index contributed by atoms with van der Waals surface area (Å²) in [5.41, 5.74) is 2.04. The van der Waals surface area contributed by atoms with Crippen LogP contribution in [-0.2, 0) is 10.0 Å². The monoisotopic (exact) mass is 512 g/mol. The maximum atomic E-state index is 13.4. The standard InChI is InChI=1S/C26H23F3N4O2S/c1-36(34,35)33-23-11-3-10-22(32-23)25(18-6-2-9-21(13-12-18)26(27,28)29)24(19-7-4-14-30-16-19)20-8-5-15-31-17-20/h2-5,7-17,24-25H,6H2,1H3,(H,32,33). The number of hydrogen-bond acceptors (Lipinski definition) is 5. The second-order valence-electron chi connectivity index (χ2n) is 8.32. The summed E-state index contributed by atoms with van der Waals surface area (Å²) in [6.45, 7) is 0. The second-order valence-corrected chi connectivity index (χ2v) is 10.1. The molecule has 3 heterocycles. The molecule has 0 fully saturated rings. The van der Waals surface area contributed by atoms with Gasteiger partial charge in [0, 0.05) is 36.6 Å². The molecule has 186 valence electrons. The summed E-state index contributed by atoms with van der Waals surface area (Å²) in [5, 5.41) is 0. The first kappa shape index (κ1) is 25.3. The zero-order chi connectivity index (χ0) is 25.8. The molecule has 1 unspecified atom stereocenters. The number of hydrogen-bond donors (Lipinski definition) is 1. The van der Waals surface area contributed by atoms with Gasteiger partial charge < -0.3 is 0 Å². The summed E-state index contributed by atoms with van der Waals surface area (Å²) < 4.78 is 66.3. The Bertz CT molecular complexity index is 1360. The average Bonchev–Trinajstić information content (AvgIpc) is 3.09. The molecule has 1 atom stereocenters. The van der Waals surface area contributed by atoms with Crippen molar-refractivity contribution < 1.29 is 21.6 Å². The molecule has 0 bridgehead atoms. The van der Waals surface area contributed by atoms with Crippen molar-refractivity contribution in [3.63, 3.8) is 0 Å². The number of allylic oxidation sites excluding steroid dienone is 6. The third-order valence-corrected chi connectivity index (χ3v) is 6.23. The lowest BCUT2D eigenvalue weighted by molar-refractivity contribution is -0.0881. The summed E-state index contributed by atoms with van der Waals surface area (Å²) in [4.78, 5) is 13.1. The number of sulfonamides is 1. The predicted molar refractivity (Wildman–Crippen MR) is 132 cm³/mol. The molecule has 6 nitrogen and oxygen atoms in total. The largest absolute Gasteiger partial charge is 0.416 e. The maximum Gasteiger partial charge on any atom is 0.416 e. The molecule has 0 saturated carbocycles. The minimum atomic E-state index is -4.48. The molecule has 0 saturated heterocycles. The molecular formula is C26H23F3N4O2S. The molecule has 3 aromatic heterocycles. The fraction of sp³-hybridized carbons (Fsp3) is 0.192. The smallest absolute Gasteiger partial charge is 0.268 e. The molecule has 0 spiro atoms. The van der Waals surface area contributed by atoms with Crippen molar-refractivity contribution in [1.82, 2.24) is 15.0 Å². The topological polar surface area (TPSA) is 84.8 Å². The van der Waals surface area contributed by atoms with Gasteiger partial charge in [0.25, 0.3) is 0 Å². The number of nitrogens with one attached hydrogen (secondary N) is 1. The average molecular weight is 513 g/mol. The lowest BCUT2D eigenvalue weighted by Crippen LogP contribution is -2.18. The van der Waals surface area contributed by atoms with Crippen molar-refractivity contribution in [3.05, 3.63) is 120 Å². The van der Waals surface area contributed by atoms with Crippen LogP contribution in [0.2, 0.25) is 0 Å². The van der Waals surface area contributed by atoms with Gasteiger partial charge in [-0.15, -0.1) is 0 Å². The molecule has 1 aliphatic carbocycles. The summed E-state index contributed by atoms with van der Waals surface area (Å²) in [7, 11) is -3.59. The van der Waals surface area contributed by atoms with Crippen LogP contribution >= 0.6 is 0 Å². The SMILES string of the molecule is CS(=O)(=O)Nc1cccc(C(C2=CC=C(C(F)(F)F)C=CC2)C(c2cccnc2)c2cccnc2)n1. The van der Waals surface area contributed by atoms with E-state index in [0.717, 1.165) is 29.5 Å². The fourth-order valence-corrected chi connectivity index (χ4v) is 4.70. The van der Waals surface area contributed by atoms with Gasteiger partial charge in [-0.1, -0.05) is 48.1 Å². The Balaban J connectivity index is 1.93. The molecule has 0 aromatic carbocycles. The van der Waals surface area contributed by atoms with E-state index in [1.165, 1.54) is 18.2 Å². The van der Waals surface area contributed by atoms with Crippen LogP contribution in [0.3, 0.4) is 0 Å². The minimum absolute atomic E-state index is 0.118. The molecule has 4 rings (SSSR count). The van der Waals surface area contributed by atoms with E-state index in [9.17, 15) is 21.6 Å². The van der Waals surface area contributed by atoms with Crippen molar-refractivity contribution in [2.75, 3.05) is 11.0 Å². The van der Waals surface area contributed by atoms with Crippen molar-refractivity contribution >= 4 is 15.8 Å². The Hall–Kier alpha value is -3.79. The third kappa shape index (κ3) is 6.25.